The topological polar surface area (TPSA) is 66.8 Å². The van der Waals surface area contributed by atoms with Gasteiger partial charge in [-0.05, 0) is 0 Å². The van der Waals surface area contributed by atoms with Gasteiger partial charge >= 0.3 is 5.97 Å². The molecule has 1 saturated heterocycles. The molecule has 4 atom stereocenters. The van der Waals surface area contributed by atoms with Crippen molar-refractivity contribution >= 4 is 5.97 Å². The molecule has 2 aliphatic rings. The Labute approximate surface area is 63.8 Å². The summed E-state index contributed by atoms with van der Waals surface area (Å²) < 4.78 is 4.87. The first-order chi connectivity index (χ1) is 5.18. The molecule has 4 nitrogen and oxygen atoms in total. The van der Waals surface area contributed by atoms with Crippen molar-refractivity contribution < 1.29 is 19.7 Å². The zero-order valence-corrected chi connectivity index (χ0v) is 5.93. The smallest absolute Gasteiger partial charge is 0.306 e. The summed E-state index contributed by atoms with van der Waals surface area (Å²) in [6.45, 7) is 0. The van der Waals surface area contributed by atoms with E-state index in [2.05, 4.69) is 0 Å². The number of hydrogen-bond acceptors (Lipinski definition) is 4. The molecule has 11 heavy (non-hydrogen) atoms. The second-order valence-corrected chi connectivity index (χ2v) is 3.19. The monoisotopic (exact) mass is 158 g/mol. The maximum atomic E-state index is 10.7. The zero-order chi connectivity index (χ0) is 8.01. The third-order valence-corrected chi connectivity index (χ3v) is 2.47. The molecule has 4 heteroatoms. The van der Waals surface area contributed by atoms with Crippen LogP contribution in [0.2, 0.25) is 0 Å². The van der Waals surface area contributed by atoms with Crippen LogP contribution in [0.3, 0.4) is 0 Å². The first-order valence-electron chi connectivity index (χ1n) is 3.74. The van der Waals surface area contributed by atoms with Gasteiger partial charge in [0.25, 0.3) is 0 Å². The number of fused-ring (bicyclic) bond motifs is 1. The van der Waals surface area contributed by atoms with Crippen molar-refractivity contribution in [3.05, 3.63) is 0 Å². The highest BCUT2D eigenvalue weighted by atomic mass is 16.6. The van der Waals surface area contributed by atoms with Crippen LogP contribution in [0.15, 0.2) is 0 Å². The summed E-state index contributed by atoms with van der Waals surface area (Å²) in [6.07, 6.45) is -1.09. The number of aliphatic hydroxyl groups is 2. The van der Waals surface area contributed by atoms with Gasteiger partial charge in [-0.3, -0.25) is 4.79 Å². The van der Waals surface area contributed by atoms with Gasteiger partial charge in [0, 0.05) is 12.3 Å². The number of aliphatic hydroxyl groups excluding tert-OH is 2. The van der Waals surface area contributed by atoms with Crippen molar-refractivity contribution in [3.8, 4) is 0 Å². The minimum Gasteiger partial charge on any atom is -0.462 e. The van der Waals surface area contributed by atoms with Crippen LogP contribution in [0.25, 0.3) is 0 Å². The first kappa shape index (κ1) is 7.06. The lowest BCUT2D eigenvalue weighted by atomic mass is 10.0. The Kier molecular flexibility index (Phi) is 1.40. The maximum Gasteiger partial charge on any atom is 0.306 e. The van der Waals surface area contributed by atoms with Gasteiger partial charge in [0.05, 0.1) is 18.6 Å². The molecule has 2 N–H and O–H groups in total. The third kappa shape index (κ3) is 0.937. The Bertz CT molecular complexity index is 191. The highest BCUT2D eigenvalue weighted by molar-refractivity contribution is 5.72. The van der Waals surface area contributed by atoms with E-state index in [1.165, 1.54) is 0 Å². The average Bonchev–Trinajstić information content (AvgIpc) is 2.37. The molecule has 2 rings (SSSR count). The van der Waals surface area contributed by atoms with E-state index in [0.29, 0.717) is 6.42 Å². The average molecular weight is 158 g/mol. The van der Waals surface area contributed by atoms with Crippen molar-refractivity contribution in [2.45, 2.75) is 31.2 Å². The molecule has 2 fully saturated rings. The van der Waals surface area contributed by atoms with Crippen molar-refractivity contribution in [1.82, 2.24) is 0 Å². The van der Waals surface area contributed by atoms with Crippen molar-refractivity contribution in [1.29, 1.82) is 0 Å². The van der Waals surface area contributed by atoms with Crippen LogP contribution in [0, 0.1) is 5.92 Å². The number of esters is 1. The largest absolute Gasteiger partial charge is 0.462 e. The SMILES string of the molecule is O=C1C[C@@H]2[C@H](O)[C@H](O)C[C@@H]2O1. The normalized spacial score (nSPS) is 49.1. The molecule has 1 aliphatic heterocycles. The molecule has 0 aromatic carbocycles. The van der Waals surface area contributed by atoms with E-state index in [-0.39, 0.29) is 24.4 Å². The lowest BCUT2D eigenvalue weighted by Crippen LogP contribution is -2.25. The van der Waals surface area contributed by atoms with Gasteiger partial charge in [-0.25, -0.2) is 0 Å². The summed E-state index contributed by atoms with van der Waals surface area (Å²) in [6, 6.07) is 0. The van der Waals surface area contributed by atoms with E-state index in [1.54, 1.807) is 0 Å². The molecular formula is C7H10O4. The molecule has 0 radical (unpaired) electrons. The van der Waals surface area contributed by atoms with Crippen LogP contribution >= 0.6 is 0 Å². The Hall–Kier alpha value is -0.610. The van der Waals surface area contributed by atoms with E-state index < -0.39 is 12.2 Å². The minimum atomic E-state index is -0.772. The quantitative estimate of drug-likeness (QED) is 0.446. The van der Waals surface area contributed by atoms with Gasteiger partial charge in [0.2, 0.25) is 0 Å². The Morgan fingerprint density at radius 2 is 2.18 bits per heavy atom. The minimum absolute atomic E-state index is 0.169. The molecule has 1 heterocycles. The van der Waals surface area contributed by atoms with E-state index in [1.807, 2.05) is 0 Å². The van der Waals surface area contributed by atoms with Gasteiger partial charge in [0.1, 0.15) is 6.10 Å². The Morgan fingerprint density at radius 1 is 1.45 bits per heavy atom. The van der Waals surface area contributed by atoms with Crippen molar-refractivity contribution in [2.75, 3.05) is 0 Å². The third-order valence-electron chi connectivity index (χ3n) is 2.47. The molecule has 0 bridgehead atoms. The van der Waals surface area contributed by atoms with E-state index in [9.17, 15) is 9.90 Å². The van der Waals surface area contributed by atoms with Gasteiger partial charge in [-0.15, -0.1) is 0 Å². The molecule has 0 aromatic rings. The summed E-state index contributed by atoms with van der Waals surface area (Å²) in [4.78, 5) is 10.7. The molecule has 0 unspecified atom stereocenters. The van der Waals surface area contributed by atoms with Crippen LogP contribution in [-0.2, 0) is 9.53 Å². The number of carbonyl (C=O) groups excluding carboxylic acids is 1. The number of hydrogen-bond donors (Lipinski definition) is 2. The predicted octanol–water partition coefficient (Wildman–Crippen LogP) is -0.956. The molecule has 0 aromatic heterocycles. The van der Waals surface area contributed by atoms with Gasteiger partial charge in [0.15, 0.2) is 0 Å². The number of rotatable bonds is 0. The molecule has 0 amide bonds. The molecule has 1 aliphatic carbocycles. The van der Waals surface area contributed by atoms with Crippen LogP contribution in [-0.4, -0.2) is 34.5 Å². The van der Waals surface area contributed by atoms with Crippen LogP contribution in [0.4, 0.5) is 0 Å². The van der Waals surface area contributed by atoms with Crippen molar-refractivity contribution in [2.24, 2.45) is 5.92 Å². The molecule has 1 saturated carbocycles. The molecular weight excluding hydrogens is 148 g/mol. The fraction of sp³-hybridized carbons (Fsp3) is 0.857. The van der Waals surface area contributed by atoms with E-state index in [4.69, 9.17) is 9.84 Å². The summed E-state index contributed by atoms with van der Waals surface area (Å²) in [5.74, 6) is -0.427. The van der Waals surface area contributed by atoms with Gasteiger partial charge < -0.3 is 14.9 Å². The summed E-state index contributed by atoms with van der Waals surface area (Å²) in [5.41, 5.74) is 0. The number of carbonyl (C=O) groups is 1. The second kappa shape index (κ2) is 2.19. The maximum absolute atomic E-state index is 10.7. The predicted molar refractivity (Wildman–Crippen MR) is 34.6 cm³/mol. The summed E-state index contributed by atoms with van der Waals surface area (Å²) in [7, 11) is 0. The fourth-order valence-electron chi connectivity index (χ4n) is 1.85. The zero-order valence-electron chi connectivity index (χ0n) is 5.93. The van der Waals surface area contributed by atoms with Crippen LogP contribution < -0.4 is 0 Å². The number of ether oxygens (including phenoxy) is 1. The fourth-order valence-corrected chi connectivity index (χ4v) is 1.85. The Balaban J connectivity index is 2.13. The van der Waals surface area contributed by atoms with Gasteiger partial charge in [-0.2, -0.15) is 0 Å². The molecule has 0 spiro atoms. The summed E-state index contributed by atoms with van der Waals surface area (Å²) in [5, 5.41) is 18.5. The van der Waals surface area contributed by atoms with E-state index >= 15 is 0 Å². The van der Waals surface area contributed by atoms with E-state index in [0.717, 1.165) is 0 Å². The standard InChI is InChI=1S/C7H10O4/c8-4-2-5-3(7(4)10)1-6(9)11-5/h3-5,7-8,10H,1-2H2/t3-,4+,5-,7-/m0/s1. The highest BCUT2D eigenvalue weighted by Crippen LogP contribution is 2.36. The summed E-state index contributed by atoms with van der Waals surface area (Å²) >= 11 is 0. The second-order valence-electron chi connectivity index (χ2n) is 3.19. The van der Waals surface area contributed by atoms with Crippen LogP contribution in [0.1, 0.15) is 12.8 Å². The van der Waals surface area contributed by atoms with Crippen molar-refractivity contribution in [3.63, 3.8) is 0 Å². The lowest BCUT2D eigenvalue weighted by molar-refractivity contribution is -0.142. The Morgan fingerprint density at radius 3 is 2.82 bits per heavy atom. The van der Waals surface area contributed by atoms with Gasteiger partial charge in [-0.1, -0.05) is 0 Å². The molecule has 62 valence electrons. The van der Waals surface area contributed by atoms with Crippen LogP contribution in [0.5, 0.6) is 0 Å². The first-order valence-corrected chi connectivity index (χ1v) is 3.74. The highest BCUT2D eigenvalue weighted by Gasteiger charge is 2.48. The lowest BCUT2D eigenvalue weighted by Gasteiger charge is -2.10.